The van der Waals surface area contributed by atoms with Crippen LogP contribution in [0.2, 0.25) is 0 Å². The topological polar surface area (TPSA) is 64.9 Å². The molecule has 1 unspecified atom stereocenters. The van der Waals surface area contributed by atoms with Gasteiger partial charge in [0.1, 0.15) is 0 Å². The summed E-state index contributed by atoms with van der Waals surface area (Å²) < 4.78 is 6.27. The Morgan fingerprint density at radius 2 is 2.06 bits per heavy atom. The molecule has 0 saturated carbocycles. The monoisotopic (exact) mass is 309 g/mol. The van der Waals surface area contributed by atoms with Crippen molar-refractivity contribution in [2.75, 3.05) is 6.54 Å². The third-order valence-corrected chi connectivity index (χ3v) is 3.24. The van der Waals surface area contributed by atoms with Gasteiger partial charge in [-0.15, -0.1) is 0 Å². The summed E-state index contributed by atoms with van der Waals surface area (Å²) >= 11 is 3.41. The Morgan fingerprint density at radius 1 is 1.33 bits per heavy atom. The molecule has 96 valence electrons. The van der Waals surface area contributed by atoms with Crippen molar-refractivity contribution >= 4 is 15.9 Å². The minimum absolute atomic E-state index is 0.367. The lowest BCUT2D eigenvalue weighted by Gasteiger charge is -2.01. The van der Waals surface area contributed by atoms with E-state index in [0.717, 1.165) is 22.3 Å². The summed E-state index contributed by atoms with van der Waals surface area (Å²) in [4.78, 5) is 4.37. The van der Waals surface area contributed by atoms with Crippen LogP contribution in [0, 0.1) is 5.92 Å². The Balaban J connectivity index is 2.00. The molecule has 0 saturated heterocycles. The minimum Gasteiger partial charge on any atom is -0.339 e. The second-order valence-electron chi connectivity index (χ2n) is 4.45. The molecule has 2 rings (SSSR count). The summed E-state index contributed by atoms with van der Waals surface area (Å²) in [5.74, 6) is 1.75. The highest BCUT2D eigenvalue weighted by Crippen LogP contribution is 2.13. The zero-order valence-electron chi connectivity index (χ0n) is 10.3. The van der Waals surface area contributed by atoms with Crippen LogP contribution in [0.3, 0.4) is 0 Å². The van der Waals surface area contributed by atoms with E-state index in [0.29, 0.717) is 24.8 Å². The predicted octanol–water partition coefficient (Wildman–Crippen LogP) is 2.56. The molecule has 0 bridgehead atoms. The molecule has 4 nitrogen and oxygen atoms in total. The van der Waals surface area contributed by atoms with Gasteiger partial charge in [0, 0.05) is 17.3 Å². The molecule has 1 aromatic carbocycles. The molecule has 2 aromatic rings. The molecule has 0 radical (unpaired) electrons. The molecular formula is C13H16BrN3O. The summed E-state index contributed by atoms with van der Waals surface area (Å²) in [6.07, 6.45) is 1.43. The first kappa shape index (κ1) is 13.2. The highest BCUT2D eigenvalue weighted by molar-refractivity contribution is 9.10. The summed E-state index contributed by atoms with van der Waals surface area (Å²) in [5, 5.41) is 3.98. The van der Waals surface area contributed by atoms with Gasteiger partial charge < -0.3 is 10.3 Å². The van der Waals surface area contributed by atoms with Crippen LogP contribution in [0.15, 0.2) is 33.3 Å². The number of hydrogen-bond acceptors (Lipinski definition) is 4. The quantitative estimate of drug-likeness (QED) is 0.922. The van der Waals surface area contributed by atoms with Gasteiger partial charge in [-0.05, 0) is 30.2 Å². The average molecular weight is 310 g/mol. The van der Waals surface area contributed by atoms with Crippen LogP contribution >= 0.6 is 15.9 Å². The van der Waals surface area contributed by atoms with Gasteiger partial charge in [-0.2, -0.15) is 4.98 Å². The van der Waals surface area contributed by atoms with E-state index in [2.05, 4.69) is 33.0 Å². The maximum Gasteiger partial charge on any atom is 0.226 e. The number of aromatic nitrogens is 2. The van der Waals surface area contributed by atoms with Crippen molar-refractivity contribution in [3.63, 3.8) is 0 Å². The highest BCUT2D eigenvalue weighted by Gasteiger charge is 2.10. The summed E-state index contributed by atoms with van der Waals surface area (Å²) in [6.45, 7) is 2.70. The maximum atomic E-state index is 5.57. The Bertz CT molecular complexity index is 495. The van der Waals surface area contributed by atoms with E-state index in [1.807, 2.05) is 24.3 Å². The second kappa shape index (κ2) is 6.11. The fourth-order valence-corrected chi connectivity index (χ4v) is 1.88. The molecule has 0 fully saturated rings. The molecule has 0 amide bonds. The van der Waals surface area contributed by atoms with E-state index < -0.39 is 0 Å². The molecule has 0 aliphatic carbocycles. The molecule has 2 N–H and O–H groups in total. The molecule has 18 heavy (non-hydrogen) atoms. The minimum atomic E-state index is 0.367. The van der Waals surface area contributed by atoms with Crippen molar-refractivity contribution in [1.29, 1.82) is 0 Å². The molecule has 0 spiro atoms. The molecule has 1 aromatic heterocycles. The predicted molar refractivity (Wildman–Crippen MR) is 73.2 cm³/mol. The number of nitrogens with zero attached hydrogens (tertiary/aromatic N) is 2. The van der Waals surface area contributed by atoms with Crippen molar-refractivity contribution in [2.45, 2.75) is 19.8 Å². The number of halogens is 1. The van der Waals surface area contributed by atoms with Gasteiger partial charge in [-0.1, -0.05) is 40.1 Å². The van der Waals surface area contributed by atoms with E-state index in [-0.39, 0.29) is 0 Å². The molecule has 1 heterocycles. The van der Waals surface area contributed by atoms with Crippen LogP contribution in [0.25, 0.3) is 0 Å². The van der Waals surface area contributed by atoms with E-state index in [4.69, 9.17) is 10.3 Å². The highest BCUT2D eigenvalue weighted by atomic mass is 79.9. The van der Waals surface area contributed by atoms with Crippen LogP contribution in [0.5, 0.6) is 0 Å². The first-order valence-corrected chi connectivity index (χ1v) is 6.72. The van der Waals surface area contributed by atoms with Crippen molar-refractivity contribution in [1.82, 2.24) is 10.1 Å². The van der Waals surface area contributed by atoms with Gasteiger partial charge in [0.05, 0.1) is 0 Å². The van der Waals surface area contributed by atoms with Gasteiger partial charge in [-0.3, -0.25) is 0 Å². The smallest absolute Gasteiger partial charge is 0.226 e. The van der Waals surface area contributed by atoms with Gasteiger partial charge in [0.15, 0.2) is 5.82 Å². The fourth-order valence-electron chi connectivity index (χ4n) is 1.61. The summed E-state index contributed by atoms with van der Waals surface area (Å²) in [6, 6.07) is 8.10. The fraction of sp³-hybridized carbons (Fsp3) is 0.385. The van der Waals surface area contributed by atoms with Gasteiger partial charge in [0.2, 0.25) is 5.89 Å². The first-order valence-electron chi connectivity index (χ1n) is 5.93. The van der Waals surface area contributed by atoms with Crippen LogP contribution < -0.4 is 5.73 Å². The first-order chi connectivity index (χ1) is 8.67. The van der Waals surface area contributed by atoms with Crippen LogP contribution in [0.4, 0.5) is 0 Å². The zero-order valence-corrected chi connectivity index (χ0v) is 11.9. The van der Waals surface area contributed by atoms with E-state index >= 15 is 0 Å². The van der Waals surface area contributed by atoms with Crippen molar-refractivity contribution < 1.29 is 4.52 Å². The summed E-state index contributed by atoms with van der Waals surface area (Å²) in [7, 11) is 0. The molecular weight excluding hydrogens is 294 g/mol. The number of nitrogens with two attached hydrogens (primary N) is 1. The van der Waals surface area contributed by atoms with Gasteiger partial charge >= 0.3 is 0 Å². The largest absolute Gasteiger partial charge is 0.339 e. The maximum absolute atomic E-state index is 5.57. The Hall–Kier alpha value is -1.20. The third kappa shape index (κ3) is 3.65. The normalized spacial score (nSPS) is 12.6. The number of hydrogen-bond donors (Lipinski definition) is 1. The lowest BCUT2D eigenvalue weighted by molar-refractivity contribution is 0.356. The lowest BCUT2D eigenvalue weighted by atomic mass is 10.1. The van der Waals surface area contributed by atoms with Crippen LogP contribution in [-0.2, 0) is 12.8 Å². The molecule has 0 aliphatic heterocycles. The van der Waals surface area contributed by atoms with E-state index in [1.165, 1.54) is 0 Å². The third-order valence-electron chi connectivity index (χ3n) is 2.71. The summed E-state index contributed by atoms with van der Waals surface area (Å²) in [5.41, 5.74) is 6.73. The standard InChI is InChI=1S/C13H16BrN3O/c1-9(8-15)6-13-16-12(17-18-13)7-10-2-4-11(14)5-3-10/h2-5,9H,6-8,15H2,1H3. The number of rotatable bonds is 5. The zero-order chi connectivity index (χ0) is 13.0. The van der Waals surface area contributed by atoms with Gasteiger partial charge in [0.25, 0.3) is 0 Å². The van der Waals surface area contributed by atoms with Gasteiger partial charge in [-0.25, -0.2) is 0 Å². The van der Waals surface area contributed by atoms with Crippen LogP contribution in [0.1, 0.15) is 24.2 Å². The van der Waals surface area contributed by atoms with Crippen molar-refractivity contribution in [3.8, 4) is 0 Å². The average Bonchev–Trinajstić information content (AvgIpc) is 2.79. The van der Waals surface area contributed by atoms with Crippen molar-refractivity contribution in [2.24, 2.45) is 11.7 Å². The van der Waals surface area contributed by atoms with Crippen molar-refractivity contribution in [3.05, 3.63) is 46.0 Å². The Morgan fingerprint density at radius 3 is 2.72 bits per heavy atom. The Labute approximate surface area is 115 Å². The van der Waals surface area contributed by atoms with Crippen LogP contribution in [-0.4, -0.2) is 16.7 Å². The second-order valence-corrected chi connectivity index (χ2v) is 5.37. The van der Waals surface area contributed by atoms with E-state index in [1.54, 1.807) is 0 Å². The van der Waals surface area contributed by atoms with E-state index in [9.17, 15) is 0 Å². The molecule has 5 heteroatoms. The SMILES string of the molecule is CC(CN)Cc1nc(Cc2ccc(Br)cc2)no1. The lowest BCUT2D eigenvalue weighted by Crippen LogP contribution is -2.13. The molecule has 1 atom stereocenters. The molecule has 0 aliphatic rings. The number of benzene rings is 1. The Kier molecular flexibility index (Phi) is 4.49.